The van der Waals surface area contributed by atoms with Crippen molar-refractivity contribution in [3.05, 3.63) is 53.1 Å². The second kappa shape index (κ2) is 5.99. The van der Waals surface area contributed by atoms with Gasteiger partial charge >= 0.3 is 0 Å². The first kappa shape index (κ1) is 17.1. The maximum Gasteiger partial charge on any atom is 0.178 e. The van der Waals surface area contributed by atoms with Gasteiger partial charge in [-0.25, -0.2) is 9.07 Å². The van der Waals surface area contributed by atoms with Crippen molar-refractivity contribution in [2.45, 2.75) is 38.1 Å². The van der Waals surface area contributed by atoms with E-state index in [1.54, 1.807) is 19.2 Å². The van der Waals surface area contributed by atoms with Crippen molar-refractivity contribution in [1.82, 2.24) is 9.78 Å². The number of aromatic nitrogens is 2. The van der Waals surface area contributed by atoms with E-state index in [2.05, 4.69) is 18.1 Å². The average Bonchev–Trinajstić information content (AvgIpc) is 3.32. The fraction of sp³-hybridized carbons (Fsp3) is 0.476. The molecule has 0 radical (unpaired) electrons. The lowest BCUT2D eigenvalue weighted by Gasteiger charge is -2.41. The molecule has 6 heteroatoms. The van der Waals surface area contributed by atoms with Crippen molar-refractivity contribution in [2.24, 2.45) is 5.41 Å². The molecular weight excluding hydrogens is 347 g/mol. The summed E-state index contributed by atoms with van der Waals surface area (Å²) in [5.41, 5.74) is 4.21. The third kappa shape index (κ3) is 2.43. The van der Waals surface area contributed by atoms with E-state index in [-0.39, 0.29) is 17.3 Å². The predicted molar refractivity (Wildman–Crippen MR) is 98.0 cm³/mol. The highest BCUT2D eigenvalue weighted by Gasteiger charge is 2.61. The first-order valence-corrected chi connectivity index (χ1v) is 9.39. The number of benzene rings is 1. The number of hydrogen-bond acceptors (Lipinski definition) is 4. The third-order valence-electron chi connectivity index (χ3n) is 6.30. The molecule has 1 saturated heterocycles. The molecule has 27 heavy (non-hydrogen) atoms. The summed E-state index contributed by atoms with van der Waals surface area (Å²) >= 11 is 0. The van der Waals surface area contributed by atoms with Crippen LogP contribution < -0.4 is 0 Å². The van der Waals surface area contributed by atoms with Crippen LogP contribution in [0.25, 0.3) is 11.8 Å². The van der Waals surface area contributed by atoms with Crippen LogP contribution in [-0.2, 0) is 20.6 Å². The molecule has 2 aliphatic carbocycles. The van der Waals surface area contributed by atoms with E-state index in [4.69, 9.17) is 14.2 Å². The number of halogens is 1. The van der Waals surface area contributed by atoms with Gasteiger partial charge in [-0.05, 0) is 48.7 Å². The topological polar surface area (TPSA) is 45.5 Å². The van der Waals surface area contributed by atoms with E-state index < -0.39 is 5.79 Å². The highest BCUT2D eigenvalue weighted by molar-refractivity contribution is 5.62. The zero-order valence-electron chi connectivity index (χ0n) is 15.6. The quantitative estimate of drug-likeness (QED) is 0.830. The van der Waals surface area contributed by atoms with Crippen molar-refractivity contribution >= 4 is 6.08 Å². The van der Waals surface area contributed by atoms with E-state index in [0.717, 1.165) is 36.2 Å². The van der Waals surface area contributed by atoms with Gasteiger partial charge in [0.25, 0.3) is 0 Å². The predicted octanol–water partition coefficient (Wildman–Crippen LogP) is 3.51. The molecule has 1 spiro atoms. The molecule has 142 valence electrons. The summed E-state index contributed by atoms with van der Waals surface area (Å²) in [6.07, 6.45) is 6.71. The first-order chi connectivity index (χ1) is 13.0. The molecule has 0 amide bonds. The Morgan fingerprint density at radius 1 is 1.33 bits per heavy atom. The van der Waals surface area contributed by atoms with Gasteiger partial charge in [-0.1, -0.05) is 12.5 Å². The zero-order valence-corrected chi connectivity index (χ0v) is 15.6. The summed E-state index contributed by atoms with van der Waals surface area (Å²) in [6.45, 7) is 3.35. The molecule has 5 rings (SSSR count). The normalized spacial score (nSPS) is 31.8. The third-order valence-corrected chi connectivity index (χ3v) is 6.30. The lowest BCUT2D eigenvalue weighted by Crippen LogP contribution is -2.46. The zero-order chi connectivity index (χ0) is 18.6. The standard InChI is InChI=1S/C21H23FN2O3/c1-20-10-14-11-23-24(17-5-3-16(22)4-6-17)19(14)9-15(20)7-8-21(20)26-13-18(27-21)12-25-2/h3-6,9,11,18H,7-8,10,12-13H2,1-2H3/t18?,20-,21?/m0/s1. The van der Waals surface area contributed by atoms with Gasteiger partial charge in [0.05, 0.1) is 30.8 Å². The second-order valence-corrected chi connectivity index (χ2v) is 7.88. The van der Waals surface area contributed by atoms with Crippen LogP contribution >= 0.6 is 0 Å². The highest BCUT2D eigenvalue weighted by atomic mass is 19.1. The summed E-state index contributed by atoms with van der Waals surface area (Å²) in [4.78, 5) is 0. The maximum atomic E-state index is 13.3. The minimum Gasteiger partial charge on any atom is -0.382 e. The van der Waals surface area contributed by atoms with Gasteiger partial charge in [-0.3, -0.25) is 0 Å². The van der Waals surface area contributed by atoms with E-state index in [0.29, 0.717) is 13.2 Å². The molecule has 2 aromatic rings. The molecule has 5 nitrogen and oxygen atoms in total. The van der Waals surface area contributed by atoms with Crippen LogP contribution in [-0.4, -0.2) is 42.0 Å². The van der Waals surface area contributed by atoms with Crippen LogP contribution in [0, 0.1) is 11.2 Å². The Balaban J connectivity index is 1.51. The SMILES string of the molecule is COCC1COC2(CCC3=Cc4c(cnn4-c4ccc(F)cc4)C[C@@]32C)O1. The Morgan fingerprint density at radius 2 is 2.15 bits per heavy atom. The van der Waals surface area contributed by atoms with Crippen molar-refractivity contribution in [3.8, 4) is 5.69 Å². The lowest BCUT2D eigenvalue weighted by atomic mass is 9.72. The largest absolute Gasteiger partial charge is 0.382 e. The number of fused-ring (bicyclic) bond motifs is 3. The molecule has 2 heterocycles. The van der Waals surface area contributed by atoms with Crippen molar-refractivity contribution in [3.63, 3.8) is 0 Å². The summed E-state index contributed by atoms with van der Waals surface area (Å²) in [5.74, 6) is -0.831. The molecule has 0 bridgehead atoms. The van der Waals surface area contributed by atoms with E-state index in [1.165, 1.54) is 17.7 Å². The van der Waals surface area contributed by atoms with Crippen LogP contribution in [0.1, 0.15) is 31.0 Å². The number of hydrogen-bond donors (Lipinski definition) is 0. The molecular formula is C21H23FN2O3. The molecule has 2 fully saturated rings. The number of ether oxygens (including phenoxy) is 3. The lowest BCUT2D eigenvalue weighted by molar-refractivity contribution is -0.220. The Morgan fingerprint density at radius 3 is 2.93 bits per heavy atom. The molecule has 3 atom stereocenters. The van der Waals surface area contributed by atoms with Gasteiger partial charge in [-0.2, -0.15) is 5.10 Å². The van der Waals surface area contributed by atoms with Gasteiger partial charge in [0.2, 0.25) is 0 Å². The smallest absolute Gasteiger partial charge is 0.178 e. The molecule has 3 aliphatic rings. The molecule has 2 unspecified atom stereocenters. The Kier molecular flexibility index (Phi) is 3.79. The van der Waals surface area contributed by atoms with Gasteiger partial charge < -0.3 is 14.2 Å². The van der Waals surface area contributed by atoms with E-state index in [1.807, 2.05) is 10.9 Å². The highest BCUT2D eigenvalue weighted by Crippen LogP contribution is 2.59. The summed E-state index contributed by atoms with van der Waals surface area (Å²) in [7, 11) is 1.69. The fourth-order valence-electron chi connectivity index (χ4n) is 4.84. The van der Waals surface area contributed by atoms with Crippen LogP contribution in [0.4, 0.5) is 4.39 Å². The molecule has 1 aromatic heterocycles. The average molecular weight is 370 g/mol. The Hall–Kier alpha value is -2.02. The van der Waals surface area contributed by atoms with Crippen molar-refractivity contribution in [1.29, 1.82) is 0 Å². The Labute approximate surface area is 157 Å². The van der Waals surface area contributed by atoms with Crippen LogP contribution in [0.2, 0.25) is 0 Å². The summed E-state index contributed by atoms with van der Waals surface area (Å²) < 4.78 is 33.0. The molecule has 1 saturated carbocycles. The maximum absolute atomic E-state index is 13.3. The number of nitrogens with zero attached hydrogens (tertiary/aromatic N) is 2. The van der Waals surface area contributed by atoms with Gasteiger partial charge in [0.1, 0.15) is 11.9 Å². The van der Waals surface area contributed by atoms with Crippen LogP contribution in [0.5, 0.6) is 0 Å². The monoisotopic (exact) mass is 370 g/mol. The van der Waals surface area contributed by atoms with E-state index in [9.17, 15) is 4.39 Å². The summed E-state index contributed by atoms with van der Waals surface area (Å²) in [5, 5.41) is 4.56. The number of rotatable bonds is 3. The number of methoxy groups -OCH3 is 1. The van der Waals surface area contributed by atoms with E-state index >= 15 is 0 Å². The molecule has 1 aliphatic heterocycles. The Bertz CT molecular complexity index is 907. The first-order valence-electron chi connectivity index (χ1n) is 9.39. The van der Waals surface area contributed by atoms with Gasteiger partial charge in [0, 0.05) is 18.9 Å². The van der Waals surface area contributed by atoms with Crippen molar-refractivity contribution < 1.29 is 18.6 Å². The van der Waals surface area contributed by atoms with Crippen LogP contribution in [0.3, 0.4) is 0 Å². The van der Waals surface area contributed by atoms with Gasteiger partial charge in [0.15, 0.2) is 5.79 Å². The second-order valence-electron chi connectivity index (χ2n) is 7.88. The fourth-order valence-corrected chi connectivity index (χ4v) is 4.84. The van der Waals surface area contributed by atoms with Crippen molar-refractivity contribution in [2.75, 3.05) is 20.3 Å². The van der Waals surface area contributed by atoms with Crippen LogP contribution in [0.15, 0.2) is 36.0 Å². The molecule has 1 aromatic carbocycles. The van der Waals surface area contributed by atoms with Gasteiger partial charge in [-0.15, -0.1) is 0 Å². The summed E-state index contributed by atoms with van der Waals surface area (Å²) in [6, 6.07) is 6.43. The minimum absolute atomic E-state index is 0.0190. The minimum atomic E-state index is -0.586. The molecule has 0 N–H and O–H groups in total.